The Bertz CT molecular complexity index is 663. The van der Waals surface area contributed by atoms with E-state index in [0.717, 1.165) is 29.9 Å². The molecule has 2 atom stereocenters. The number of carboxylic acid groups (broad SMARTS) is 1. The van der Waals surface area contributed by atoms with Crippen molar-refractivity contribution in [3.63, 3.8) is 0 Å². The highest BCUT2D eigenvalue weighted by Gasteiger charge is 2.33. The summed E-state index contributed by atoms with van der Waals surface area (Å²) in [7, 11) is 0. The Balaban J connectivity index is 1.84. The van der Waals surface area contributed by atoms with Gasteiger partial charge in [0.25, 0.3) is 0 Å². The Morgan fingerprint density at radius 1 is 1.36 bits per heavy atom. The SMILES string of the molecule is Cc1ccc(-c2cnc([C@@H]3CCCN(C(=O)O)[C@@H]3C)[nH]2)cc1. The summed E-state index contributed by atoms with van der Waals surface area (Å²) < 4.78 is 0. The minimum atomic E-state index is -0.845. The normalized spacial score (nSPS) is 21.8. The maximum absolute atomic E-state index is 11.3. The second-order valence-electron chi connectivity index (χ2n) is 6.01. The number of piperidine rings is 1. The van der Waals surface area contributed by atoms with Gasteiger partial charge in [0.2, 0.25) is 0 Å². The fraction of sp³-hybridized carbons (Fsp3) is 0.412. The van der Waals surface area contributed by atoms with E-state index in [4.69, 9.17) is 0 Å². The summed E-state index contributed by atoms with van der Waals surface area (Å²) >= 11 is 0. The first-order valence-corrected chi connectivity index (χ1v) is 7.68. The topological polar surface area (TPSA) is 69.2 Å². The van der Waals surface area contributed by atoms with Crippen molar-refractivity contribution in [1.29, 1.82) is 0 Å². The van der Waals surface area contributed by atoms with Gasteiger partial charge in [0.05, 0.1) is 11.9 Å². The number of rotatable bonds is 2. The standard InChI is InChI=1S/C17H21N3O2/c1-11-5-7-13(8-6-11)15-10-18-16(19-15)14-4-3-9-20(12(14)2)17(21)22/h5-8,10,12,14H,3-4,9H2,1-2H3,(H,18,19)(H,21,22)/t12-,14-/m1/s1. The van der Waals surface area contributed by atoms with Gasteiger partial charge >= 0.3 is 6.09 Å². The van der Waals surface area contributed by atoms with Crippen molar-refractivity contribution in [1.82, 2.24) is 14.9 Å². The summed E-state index contributed by atoms with van der Waals surface area (Å²) in [6, 6.07) is 8.24. The molecule has 2 heterocycles. The van der Waals surface area contributed by atoms with Crippen molar-refractivity contribution < 1.29 is 9.90 Å². The summed E-state index contributed by atoms with van der Waals surface area (Å²) in [5.74, 6) is 1.01. The number of hydrogen-bond acceptors (Lipinski definition) is 2. The van der Waals surface area contributed by atoms with Gasteiger partial charge in [-0.1, -0.05) is 29.8 Å². The van der Waals surface area contributed by atoms with Gasteiger partial charge in [-0.25, -0.2) is 9.78 Å². The van der Waals surface area contributed by atoms with E-state index in [0.29, 0.717) is 6.54 Å². The maximum Gasteiger partial charge on any atom is 0.407 e. The molecule has 0 spiro atoms. The number of hydrogen-bond donors (Lipinski definition) is 2. The third-order valence-electron chi connectivity index (χ3n) is 4.54. The molecule has 0 aliphatic carbocycles. The van der Waals surface area contributed by atoms with Crippen LogP contribution in [0.2, 0.25) is 0 Å². The van der Waals surface area contributed by atoms with Crippen molar-refractivity contribution in [2.45, 2.75) is 38.6 Å². The highest BCUT2D eigenvalue weighted by molar-refractivity contribution is 5.65. The molecule has 1 aliphatic heterocycles. The zero-order valence-electron chi connectivity index (χ0n) is 12.9. The second-order valence-corrected chi connectivity index (χ2v) is 6.01. The van der Waals surface area contributed by atoms with Gasteiger partial charge in [-0.3, -0.25) is 0 Å². The highest BCUT2D eigenvalue weighted by Crippen LogP contribution is 2.32. The molecule has 2 aromatic rings. The molecule has 0 unspecified atom stereocenters. The van der Waals surface area contributed by atoms with Crippen LogP contribution < -0.4 is 0 Å². The maximum atomic E-state index is 11.3. The zero-order chi connectivity index (χ0) is 15.7. The molecule has 0 radical (unpaired) electrons. The van der Waals surface area contributed by atoms with Gasteiger partial charge in [-0.05, 0) is 32.3 Å². The smallest absolute Gasteiger partial charge is 0.407 e. The van der Waals surface area contributed by atoms with Crippen LogP contribution in [0.25, 0.3) is 11.3 Å². The van der Waals surface area contributed by atoms with E-state index in [1.807, 2.05) is 13.1 Å². The predicted octanol–water partition coefficient (Wildman–Crippen LogP) is 3.63. The average molecular weight is 299 g/mol. The van der Waals surface area contributed by atoms with Gasteiger partial charge in [-0.2, -0.15) is 0 Å². The van der Waals surface area contributed by atoms with Gasteiger partial charge in [0.15, 0.2) is 0 Å². The molecule has 1 aliphatic rings. The van der Waals surface area contributed by atoms with Crippen LogP contribution in [0.1, 0.15) is 37.1 Å². The number of benzene rings is 1. The first-order valence-electron chi connectivity index (χ1n) is 7.68. The molecule has 116 valence electrons. The molecule has 1 saturated heterocycles. The fourth-order valence-electron chi connectivity index (χ4n) is 3.18. The summed E-state index contributed by atoms with van der Waals surface area (Å²) in [5.41, 5.74) is 3.30. The molecule has 5 nitrogen and oxygen atoms in total. The van der Waals surface area contributed by atoms with Crippen LogP contribution in [0.3, 0.4) is 0 Å². The van der Waals surface area contributed by atoms with E-state index < -0.39 is 6.09 Å². The van der Waals surface area contributed by atoms with Gasteiger partial charge < -0.3 is 15.0 Å². The number of H-pyrrole nitrogens is 1. The van der Waals surface area contributed by atoms with Crippen LogP contribution >= 0.6 is 0 Å². The minimum Gasteiger partial charge on any atom is -0.465 e. The lowest BCUT2D eigenvalue weighted by Gasteiger charge is -2.36. The van der Waals surface area contributed by atoms with Crippen LogP contribution in [-0.4, -0.2) is 38.7 Å². The van der Waals surface area contributed by atoms with E-state index >= 15 is 0 Å². The van der Waals surface area contributed by atoms with E-state index in [-0.39, 0.29) is 12.0 Å². The molecule has 0 saturated carbocycles. The Labute approximate surface area is 130 Å². The minimum absolute atomic E-state index is 0.0525. The molecule has 3 rings (SSSR count). The third kappa shape index (κ3) is 2.71. The number of nitrogens with zero attached hydrogens (tertiary/aromatic N) is 2. The number of likely N-dealkylation sites (tertiary alicyclic amines) is 1. The number of aromatic nitrogens is 2. The lowest BCUT2D eigenvalue weighted by atomic mass is 9.90. The molecular formula is C17H21N3O2. The molecule has 0 bridgehead atoms. The summed E-state index contributed by atoms with van der Waals surface area (Å²) in [6.07, 6.45) is 2.84. The van der Waals surface area contributed by atoms with Crippen molar-refractivity contribution >= 4 is 6.09 Å². The first-order chi connectivity index (χ1) is 10.6. The third-order valence-corrected chi connectivity index (χ3v) is 4.54. The Morgan fingerprint density at radius 3 is 2.77 bits per heavy atom. The number of imidazole rings is 1. The number of nitrogens with one attached hydrogen (secondary N) is 1. The molecule has 22 heavy (non-hydrogen) atoms. The molecule has 1 aromatic heterocycles. The van der Waals surface area contributed by atoms with Crippen LogP contribution in [0, 0.1) is 6.92 Å². The Hall–Kier alpha value is -2.30. The fourth-order valence-corrected chi connectivity index (χ4v) is 3.18. The quantitative estimate of drug-likeness (QED) is 0.889. The van der Waals surface area contributed by atoms with Gasteiger partial charge in [0.1, 0.15) is 5.82 Å². The van der Waals surface area contributed by atoms with Crippen LogP contribution in [0.15, 0.2) is 30.5 Å². The van der Waals surface area contributed by atoms with E-state index in [2.05, 4.69) is 41.2 Å². The van der Waals surface area contributed by atoms with E-state index in [1.54, 1.807) is 0 Å². The van der Waals surface area contributed by atoms with Crippen LogP contribution in [-0.2, 0) is 0 Å². The first kappa shape index (κ1) is 14.6. The summed E-state index contributed by atoms with van der Waals surface area (Å²) in [4.78, 5) is 20.7. The molecule has 2 N–H and O–H groups in total. The van der Waals surface area contributed by atoms with Crippen molar-refractivity contribution in [2.75, 3.05) is 6.54 Å². The molecule has 5 heteroatoms. The largest absolute Gasteiger partial charge is 0.465 e. The molecule has 1 aromatic carbocycles. The predicted molar refractivity (Wildman–Crippen MR) is 84.9 cm³/mol. The Kier molecular flexibility index (Phi) is 3.88. The van der Waals surface area contributed by atoms with E-state index in [9.17, 15) is 9.90 Å². The van der Waals surface area contributed by atoms with Crippen molar-refractivity contribution in [2.24, 2.45) is 0 Å². The summed E-state index contributed by atoms with van der Waals surface area (Å²) in [5, 5.41) is 9.28. The van der Waals surface area contributed by atoms with E-state index in [1.165, 1.54) is 10.5 Å². The monoisotopic (exact) mass is 299 g/mol. The number of carbonyl (C=O) groups is 1. The van der Waals surface area contributed by atoms with Crippen molar-refractivity contribution in [3.05, 3.63) is 41.9 Å². The highest BCUT2D eigenvalue weighted by atomic mass is 16.4. The molecule has 1 fully saturated rings. The zero-order valence-corrected chi connectivity index (χ0v) is 12.9. The molecular weight excluding hydrogens is 278 g/mol. The number of aryl methyl sites for hydroxylation is 1. The van der Waals surface area contributed by atoms with Gasteiger partial charge in [0, 0.05) is 18.5 Å². The molecule has 1 amide bonds. The van der Waals surface area contributed by atoms with Gasteiger partial charge in [-0.15, -0.1) is 0 Å². The van der Waals surface area contributed by atoms with Crippen molar-refractivity contribution in [3.8, 4) is 11.3 Å². The Morgan fingerprint density at radius 2 is 2.09 bits per heavy atom. The number of amides is 1. The number of aromatic amines is 1. The van der Waals surface area contributed by atoms with Crippen LogP contribution in [0.5, 0.6) is 0 Å². The lowest BCUT2D eigenvalue weighted by Crippen LogP contribution is -2.45. The lowest BCUT2D eigenvalue weighted by molar-refractivity contribution is 0.102. The average Bonchev–Trinajstić information content (AvgIpc) is 2.97. The summed E-state index contributed by atoms with van der Waals surface area (Å²) in [6.45, 7) is 4.64. The van der Waals surface area contributed by atoms with Crippen LogP contribution in [0.4, 0.5) is 4.79 Å². The second kappa shape index (κ2) is 5.83.